The van der Waals surface area contributed by atoms with Crippen LogP contribution in [0, 0.1) is 0 Å². The number of halogens is 2. The Hall–Kier alpha value is -2.10. The molecule has 0 bridgehead atoms. The average molecular weight is 328 g/mol. The van der Waals surface area contributed by atoms with Gasteiger partial charge in [0, 0.05) is 25.2 Å². The van der Waals surface area contributed by atoms with Crippen molar-refractivity contribution in [1.82, 2.24) is 20.0 Å². The second-order valence-corrected chi connectivity index (χ2v) is 5.78. The minimum Gasteiger partial charge on any atom is -0.336 e. The summed E-state index contributed by atoms with van der Waals surface area (Å²) < 4.78 is 26.9. The van der Waals surface area contributed by atoms with Gasteiger partial charge in [-0.2, -0.15) is 0 Å². The molecule has 0 aromatic carbocycles. The molecule has 3 heterocycles. The first kappa shape index (κ1) is 14.8. The van der Waals surface area contributed by atoms with Crippen molar-refractivity contribution in [2.45, 2.75) is 25.3 Å². The summed E-state index contributed by atoms with van der Waals surface area (Å²) >= 11 is 1.44. The Bertz CT molecular complexity index is 659. The van der Waals surface area contributed by atoms with Gasteiger partial charge in [-0.1, -0.05) is 5.21 Å². The summed E-state index contributed by atoms with van der Waals surface area (Å²) in [6, 6.07) is -0.432. The number of anilines is 2. The molecule has 2 aromatic heterocycles. The summed E-state index contributed by atoms with van der Waals surface area (Å²) in [5.74, 6) is -0.552. The van der Waals surface area contributed by atoms with Crippen LogP contribution in [0.1, 0.15) is 25.0 Å². The molecular weight excluding hydrogens is 314 g/mol. The molecule has 7 nitrogen and oxygen atoms in total. The minimum absolute atomic E-state index is 0.187. The number of aryl methyl sites for hydroxylation is 1. The number of rotatable bonds is 4. The van der Waals surface area contributed by atoms with Gasteiger partial charge in [0.15, 0.2) is 10.9 Å². The van der Waals surface area contributed by atoms with Crippen LogP contribution in [0.25, 0.3) is 0 Å². The van der Waals surface area contributed by atoms with Gasteiger partial charge >= 0.3 is 0 Å². The lowest BCUT2D eigenvalue weighted by atomic mass is 10.2. The number of nitrogens with zero attached hydrogens (tertiary/aromatic N) is 5. The fourth-order valence-corrected chi connectivity index (χ4v) is 3.24. The van der Waals surface area contributed by atoms with Crippen LogP contribution in [-0.4, -0.2) is 38.5 Å². The Morgan fingerprint density at radius 1 is 1.55 bits per heavy atom. The lowest BCUT2D eigenvalue weighted by molar-refractivity contribution is -0.117. The van der Waals surface area contributed by atoms with Gasteiger partial charge in [-0.3, -0.25) is 4.79 Å². The largest absolute Gasteiger partial charge is 0.336 e. The third-order valence-electron chi connectivity index (χ3n) is 3.54. The first-order valence-electron chi connectivity index (χ1n) is 6.72. The maximum Gasteiger partial charge on any atom is 0.283 e. The van der Waals surface area contributed by atoms with E-state index in [1.54, 1.807) is 6.20 Å². The Kier molecular flexibility index (Phi) is 4.01. The van der Waals surface area contributed by atoms with E-state index in [4.69, 9.17) is 0 Å². The van der Waals surface area contributed by atoms with Gasteiger partial charge in [0.25, 0.3) is 6.43 Å². The molecule has 1 unspecified atom stereocenters. The number of carbonyl (C=O) groups is 1. The maximum atomic E-state index is 13.0. The lowest BCUT2D eigenvalue weighted by Gasteiger charge is -2.22. The number of hydrogen-bond donors (Lipinski definition) is 1. The van der Waals surface area contributed by atoms with E-state index in [0.717, 1.165) is 16.2 Å². The zero-order valence-corrected chi connectivity index (χ0v) is 12.6. The predicted octanol–water partition coefficient (Wildman–Crippen LogP) is 1.82. The molecule has 3 rings (SSSR count). The van der Waals surface area contributed by atoms with Gasteiger partial charge in [-0.25, -0.2) is 18.4 Å². The van der Waals surface area contributed by atoms with Crippen LogP contribution in [0.4, 0.5) is 19.7 Å². The summed E-state index contributed by atoms with van der Waals surface area (Å²) in [4.78, 5) is 18.5. The van der Waals surface area contributed by atoms with Crippen molar-refractivity contribution in [2.24, 2.45) is 7.05 Å². The number of alkyl halides is 2. The molecule has 1 atom stereocenters. The Balaban J connectivity index is 1.77. The molecule has 1 N–H and O–H groups in total. The molecule has 1 fully saturated rings. The number of amides is 1. The maximum absolute atomic E-state index is 13.0. The molecule has 0 spiro atoms. The zero-order chi connectivity index (χ0) is 15.7. The van der Waals surface area contributed by atoms with Crippen LogP contribution in [0.2, 0.25) is 0 Å². The molecular formula is C12H14F2N6OS. The number of hydrogen-bond acceptors (Lipinski definition) is 6. The van der Waals surface area contributed by atoms with Crippen LogP contribution < -0.4 is 10.2 Å². The fourth-order valence-electron chi connectivity index (χ4n) is 2.52. The Morgan fingerprint density at radius 2 is 2.36 bits per heavy atom. The minimum atomic E-state index is -2.76. The van der Waals surface area contributed by atoms with Crippen LogP contribution in [0.3, 0.4) is 0 Å². The van der Waals surface area contributed by atoms with E-state index in [1.807, 2.05) is 10.3 Å². The first-order chi connectivity index (χ1) is 10.6. The molecule has 1 amide bonds. The third kappa shape index (κ3) is 2.65. The third-order valence-corrected chi connectivity index (χ3v) is 4.35. The van der Waals surface area contributed by atoms with Gasteiger partial charge in [-0.15, -0.1) is 16.4 Å². The molecule has 0 radical (unpaired) electrons. The predicted molar refractivity (Wildman–Crippen MR) is 77.1 cm³/mol. The number of thiazole rings is 1. The van der Waals surface area contributed by atoms with E-state index in [-0.39, 0.29) is 11.7 Å². The highest BCUT2D eigenvalue weighted by molar-refractivity contribution is 7.13. The first-order valence-corrected chi connectivity index (χ1v) is 7.60. The lowest BCUT2D eigenvalue weighted by Crippen LogP contribution is -2.39. The standard InChI is InChI=1S/C12H14F2N6OS/c1-19-8(9(13)14)10(17-18-19)16-11(21)7-3-2-5-20(7)12-15-4-6-22-12/h4,6-7,9H,2-3,5H2,1H3,(H,16,21). The van der Waals surface area contributed by atoms with Gasteiger partial charge in [0.1, 0.15) is 11.7 Å². The van der Waals surface area contributed by atoms with E-state index >= 15 is 0 Å². The molecule has 10 heteroatoms. The van der Waals surface area contributed by atoms with E-state index in [1.165, 1.54) is 18.4 Å². The van der Waals surface area contributed by atoms with E-state index < -0.39 is 18.2 Å². The normalized spacial score (nSPS) is 18.2. The van der Waals surface area contributed by atoms with Gasteiger partial charge in [-0.05, 0) is 12.8 Å². The van der Waals surface area contributed by atoms with E-state index in [0.29, 0.717) is 13.0 Å². The Labute approximate surface area is 128 Å². The molecule has 0 aliphatic carbocycles. The molecule has 118 valence electrons. The Morgan fingerprint density at radius 3 is 3.05 bits per heavy atom. The molecule has 1 aliphatic heterocycles. The number of nitrogens with one attached hydrogen (secondary N) is 1. The van der Waals surface area contributed by atoms with Gasteiger partial charge in [0.2, 0.25) is 5.91 Å². The number of carbonyl (C=O) groups excluding carboxylic acids is 1. The van der Waals surface area contributed by atoms with Crippen molar-refractivity contribution in [3.63, 3.8) is 0 Å². The summed E-state index contributed by atoms with van der Waals surface area (Å²) in [5.41, 5.74) is -0.396. The van der Waals surface area contributed by atoms with Crippen molar-refractivity contribution in [1.29, 1.82) is 0 Å². The second kappa shape index (κ2) is 5.95. The summed E-state index contributed by atoms with van der Waals surface area (Å²) in [7, 11) is 1.36. The SMILES string of the molecule is Cn1nnc(NC(=O)C2CCCN2c2nccs2)c1C(F)F. The molecule has 1 aliphatic rings. The topological polar surface area (TPSA) is 75.9 Å². The molecule has 2 aromatic rings. The highest BCUT2D eigenvalue weighted by Gasteiger charge is 2.33. The van der Waals surface area contributed by atoms with Gasteiger partial charge in [0.05, 0.1) is 0 Å². The van der Waals surface area contributed by atoms with Crippen LogP contribution >= 0.6 is 11.3 Å². The van der Waals surface area contributed by atoms with E-state index in [2.05, 4.69) is 20.6 Å². The summed E-state index contributed by atoms with van der Waals surface area (Å²) in [6.07, 6.45) is 0.411. The van der Waals surface area contributed by atoms with E-state index in [9.17, 15) is 13.6 Å². The van der Waals surface area contributed by atoms with Crippen molar-refractivity contribution in [3.8, 4) is 0 Å². The smallest absolute Gasteiger partial charge is 0.283 e. The molecule has 0 saturated carbocycles. The van der Waals surface area contributed by atoms with Crippen molar-refractivity contribution >= 4 is 28.2 Å². The highest BCUT2D eigenvalue weighted by atomic mass is 32.1. The second-order valence-electron chi connectivity index (χ2n) is 4.90. The molecule has 22 heavy (non-hydrogen) atoms. The van der Waals surface area contributed by atoms with Crippen LogP contribution in [-0.2, 0) is 11.8 Å². The van der Waals surface area contributed by atoms with Crippen LogP contribution in [0.15, 0.2) is 11.6 Å². The number of aromatic nitrogens is 4. The summed E-state index contributed by atoms with van der Waals surface area (Å²) in [6.45, 7) is 0.716. The van der Waals surface area contributed by atoms with Crippen LogP contribution in [0.5, 0.6) is 0 Å². The molecule has 1 saturated heterocycles. The summed E-state index contributed by atoms with van der Waals surface area (Å²) in [5, 5.41) is 12.2. The van der Waals surface area contributed by atoms with Gasteiger partial charge < -0.3 is 10.2 Å². The fraction of sp³-hybridized carbons (Fsp3) is 0.500. The van der Waals surface area contributed by atoms with Crippen molar-refractivity contribution in [3.05, 3.63) is 17.3 Å². The monoisotopic (exact) mass is 328 g/mol. The van der Waals surface area contributed by atoms with Crippen molar-refractivity contribution in [2.75, 3.05) is 16.8 Å². The average Bonchev–Trinajstić information content (AvgIpc) is 3.17. The zero-order valence-electron chi connectivity index (χ0n) is 11.7. The highest BCUT2D eigenvalue weighted by Crippen LogP contribution is 2.29. The van der Waals surface area contributed by atoms with Crippen molar-refractivity contribution < 1.29 is 13.6 Å². The quantitative estimate of drug-likeness (QED) is 0.926.